The van der Waals surface area contributed by atoms with Crippen LogP contribution in [0.3, 0.4) is 0 Å². The summed E-state index contributed by atoms with van der Waals surface area (Å²) in [7, 11) is 0. The predicted octanol–water partition coefficient (Wildman–Crippen LogP) is 5.80. The van der Waals surface area contributed by atoms with Crippen LogP contribution >= 0.6 is 12.4 Å². The minimum Gasteiger partial charge on any atom is -0.489 e. The number of ether oxygens (including phenoxy) is 1. The van der Waals surface area contributed by atoms with E-state index in [0.717, 1.165) is 54.9 Å². The molecule has 1 unspecified atom stereocenters. The van der Waals surface area contributed by atoms with Gasteiger partial charge in [0.25, 0.3) is 0 Å². The largest absolute Gasteiger partial charge is 0.489 e. The van der Waals surface area contributed by atoms with E-state index in [1.54, 1.807) is 0 Å². The molecular weight excluding hydrogens is 516 g/mol. The van der Waals surface area contributed by atoms with E-state index in [4.69, 9.17) is 14.2 Å². The van der Waals surface area contributed by atoms with Crippen molar-refractivity contribution in [1.29, 1.82) is 0 Å². The molecule has 2 N–H and O–H groups in total. The summed E-state index contributed by atoms with van der Waals surface area (Å²) in [6.07, 6.45) is 4.88. The number of pyridine rings is 1. The molecule has 0 fully saturated rings. The Morgan fingerprint density at radius 1 is 1.05 bits per heavy atom. The van der Waals surface area contributed by atoms with Crippen molar-refractivity contribution < 1.29 is 19.2 Å². The van der Waals surface area contributed by atoms with Crippen LogP contribution in [-0.4, -0.2) is 32.7 Å². The van der Waals surface area contributed by atoms with E-state index in [1.807, 2.05) is 54.6 Å². The zero-order valence-corrected chi connectivity index (χ0v) is 22.5. The Bertz CT molecular complexity index is 1360. The van der Waals surface area contributed by atoms with E-state index in [-0.39, 0.29) is 24.7 Å². The number of halogens is 1. The van der Waals surface area contributed by atoms with Crippen LogP contribution in [0.1, 0.15) is 59.3 Å². The van der Waals surface area contributed by atoms with Gasteiger partial charge in [0, 0.05) is 31.0 Å². The smallest absolute Gasteiger partial charge is 0.303 e. The maximum Gasteiger partial charge on any atom is 0.303 e. The SMILES string of the molecule is Cl.O=C(O)CC(Cc1nc(CCCc2ccc3c(n2)NCCC3)no1)c1cccc(OCc2ccccc2)c1. The van der Waals surface area contributed by atoms with Gasteiger partial charge < -0.3 is 19.7 Å². The first-order chi connectivity index (χ1) is 18.6. The van der Waals surface area contributed by atoms with Crippen molar-refractivity contribution >= 4 is 24.2 Å². The van der Waals surface area contributed by atoms with Crippen molar-refractivity contribution in [2.75, 3.05) is 11.9 Å². The van der Waals surface area contributed by atoms with Gasteiger partial charge in [-0.15, -0.1) is 12.4 Å². The first-order valence-electron chi connectivity index (χ1n) is 13.1. The molecule has 1 aliphatic rings. The van der Waals surface area contributed by atoms with Crippen molar-refractivity contribution in [3.63, 3.8) is 0 Å². The van der Waals surface area contributed by atoms with Gasteiger partial charge in [0.2, 0.25) is 5.89 Å². The molecule has 0 aliphatic carbocycles. The summed E-state index contributed by atoms with van der Waals surface area (Å²) in [5, 5.41) is 17.0. The van der Waals surface area contributed by atoms with Crippen molar-refractivity contribution in [1.82, 2.24) is 15.1 Å². The van der Waals surface area contributed by atoms with Crippen molar-refractivity contribution in [2.24, 2.45) is 0 Å². The third kappa shape index (κ3) is 8.04. The molecule has 4 aromatic rings. The summed E-state index contributed by atoms with van der Waals surface area (Å²) in [6, 6.07) is 21.8. The normalized spacial score (nSPS) is 13.0. The van der Waals surface area contributed by atoms with E-state index in [0.29, 0.717) is 36.9 Å². The molecule has 39 heavy (non-hydrogen) atoms. The van der Waals surface area contributed by atoms with Crippen LogP contribution in [0, 0.1) is 0 Å². The minimum atomic E-state index is -0.877. The summed E-state index contributed by atoms with van der Waals surface area (Å²) >= 11 is 0. The zero-order valence-electron chi connectivity index (χ0n) is 21.7. The molecule has 204 valence electrons. The number of fused-ring (bicyclic) bond motifs is 1. The highest BCUT2D eigenvalue weighted by Crippen LogP contribution is 2.28. The minimum absolute atomic E-state index is 0. The fourth-order valence-corrected chi connectivity index (χ4v) is 4.74. The fraction of sp³-hybridized carbons (Fsp3) is 0.333. The highest BCUT2D eigenvalue weighted by molar-refractivity contribution is 5.85. The summed E-state index contributed by atoms with van der Waals surface area (Å²) in [4.78, 5) is 20.9. The molecule has 1 aliphatic heterocycles. The molecule has 8 nitrogen and oxygen atoms in total. The number of carboxylic acid groups (broad SMARTS) is 1. The number of aromatic nitrogens is 3. The van der Waals surface area contributed by atoms with E-state index < -0.39 is 5.97 Å². The van der Waals surface area contributed by atoms with Crippen molar-refractivity contribution in [3.8, 4) is 5.75 Å². The Morgan fingerprint density at radius 3 is 2.77 bits per heavy atom. The molecule has 2 aromatic heterocycles. The van der Waals surface area contributed by atoms with Crippen molar-refractivity contribution in [2.45, 2.75) is 57.5 Å². The first kappa shape index (κ1) is 28.1. The average Bonchev–Trinajstić information content (AvgIpc) is 3.39. The van der Waals surface area contributed by atoms with Crippen LogP contribution in [-0.2, 0) is 37.1 Å². The van der Waals surface area contributed by atoms with Gasteiger partial charge in [0.15, 0.2) is 5.82 Å². The Balaban J connectivity index is 0.00000353. The predicted molar refractivity (Wildman–Crippen MR) is 151 cm³/mol. The fourth-order valence-electron chi connectivity index (χ4n) is 4.74. The summed E-state index contributed by atoms with van der Waals surface area (Å²) in [5.74, 6) is 1.59. The van der Waals surface area contributed by atoms with Crippen LogP contribution in [0.5, 0.6) is 5.75 Å². The number of nitrogens with one attached hydrogen (secondary N) is 1. The van der Waals surface area contributed by atoms with E-state index in [2.05, 4.69) is 27.6 Å². The number of nitrogens with zero attached hydrogens (tertiary/aromatic N) is 3. The number of carboxylic acids is 1. The van der Waals surface area contributed by atoms with Crippen LogP contribution in [0.4, 0.5) is 5.82 Å². The van der Waals surface area contributed by atoms with Gasteiger partial charge in [-0.05, 0) is 60.6 Å². The molecule has 0 amide bonds. The number of aryl methyl sites for hydroxylation is 3. The van der Waals surface area contributed by atoms with Gasteiger partial charge >= 0.3 is 5.97 Å². The molecule has 9 heteroatoms. The van der Waals surface area contributed by atoms with Crippen LogP contribution < -0.4 is 10.1 Å². The average molecular weight is 549 g/mol. The first-order valence-corrected chi connectivity index (χ1v) is 13.1. The lowest BCUT2D eigenvalue weighted by molar-refractivity contribution is -0.137. The quantitative estimate of drug-likeness (QED) is 0.228. The van der Waals surface area contributed by atoms with Gasteiger partial charge in [0.05, 0.1) is 6.42 Å². The summed E-state index contributed by atoms with van der Waals surface area (Å²) < 4.78 is 11.4. The lowest BCUT2D eigenvalue weighted by Crippen LogP contribution is -2.14. The van der Waals surface area contributed by atoms with Crippen molar-refractivity contribution in [3.05, 3.63) is 101 Å². The number of rotatable bonds is 12. The molecule has 5 rings (SSSR count). The van der Waals surface area contributed by atoms with E-state index in [9.17, 15) is 9.90 Å². The van der Waals surface area contributed by atoms with Gasteiger partial charge in [-0.25, -0.2) is 4.98 Å². The number of hydrogen-bond acceptors (Lipinski definition) is 7. The van der Waals surface area contributed by atoms with Crippen LogP contribution in [0.2, 0.25) is 0 Å². The third-order valence-electron chi connectivity index (χ3n) is 6.72. The Kier molecular flexibility index (Phi) is 9.91. The number of anilines is 1. The van der Waals surface area contributed by atoms with E-state index >= 15 is 0 Å². The molecular formula is C30H33ClN4O4. The second-order valence-electron chi connectivity index (χ2n) is 9.64. The van der Waals surface area contributed by atoms with Gasteiger partial charge in [-0.1, -0.05) is 53.7 Å². The highest BCUT2D eigenvalue weighted by atomic mass is 35.5. The molecule has 0 saturated carbocycles. The topological polar surface area (TPSA) is 110 Å². The van der Waals surface area contributed by atoms with Gasteiger partial charge in [0.1, 0.15) is 18.2 Å². The van der Waals surface area contributed by atoms with Gasteiger partial charge in [-0.2, -0.15) is 4.98 Å². The molecule has 1 atom stereocenters. The monoisotopic (exact) mass is 548 g/mol. The number of aliphatic carboxylic acids is 1. The van der Waals surface area contributed by atoms with Crippen LogP contribution in [0.15, 0.2) is 71.3 Å². The Hall–Kier alpha value is -3.91. The maximum atomic E-state index is 11.6. The molecule has 0 bridgehead atoms. The second-order valence-corrected chi connectivity index (χ2v) is 9.64. The Morgan fingerprint density at radius 2 is 1.92 bits per heavy atom. The lowest BCUT2D eigenvalue weighted by Gasteiger charge is -2.17. The maximum absolute atomic E-state index is 11.6. The van der Waals surface area contributed by atoms with E-state index in [1.165, 1.54) is 5.56 Å². The summed E-state index contributed by atoms with van der Waals surface area (Å²) in [5.41, 5.74) is 4.27. The molecule has 3 heterocycles. The Labute approximate surface area is 234 Å². The van der Waals surface area contributed by atoms with Crippen LogP contribution in [0.25, 0.3) is 0 Å². The number of hydrogen-bond donors (Lipinski definition) is 2. The lowest BCUT2D eigenvalue weighted by atomic mass is 9.92. The second kappa shape index (κ2) is 13.8. The van der Waals surface area contributed by atoms with Gasteiger partial charge in [-0.3, -0.25) is 4.79 Å². The molecule has 0 saturated heterocycles. The third-order valence-corrected chi connectivity index (χ3v) is 6.72. The summed E-state index contributed by atoms with van der Waals surface area (Å²) in [6.45, 7) is 1.42. The number of benzene rings is 2. The number of carbonyl (C=O) groups is 1. The standard InChI is InChI=1S/C30H32N4O4.ClH/c35-29(36)19-24(23-9-4-12-26(17-23)37-20-21-7-2-1-3-8-21)18-28-33-27(34-38-28)13-5-11-25-15-14-22-10-6-16-31-30(22)32-25;/h1-4,7-9,12,14-15,17,24H,5-6,10-11,13,16,18-20H2,(H,31,32)(H,35,36);1H. The molecule has 0 radical (unpaired) electrons. The molecule has 2 aromatic carbocycles. The highest BCUT2D eigenvalue weighted by Gasteiger charge is 2.21. The molecule has 0 spiro atoms. The zero-order chi connectivity index (χ0) is 26.2.